The molecule has 1 aromatic heterocycles. The molecule has 206 valence electrons. The first-order chi connectivity index (χ1) is 19.8. The summed E-state index contributed by atoms with van der Waals surface area (Å²) >= 11 is 1.10. The van der Waals surface area contributed by atoms with Gasteiger partial charge in [-0.25, -0.2) is 22.9 Å². The number of fused-ring (bicyclic) bond motifs is 1. The Labute approximate surface area is 239 Å². The lowest BCUT2D eigenvalue weighted by Crippen LogP contribution is -2.34. The van der Waals surface area contributed by atoms with Crippen LogP contribution in [0.1, 0.15) is 0 Å². The first kappa shape index (κ1) is 27.6. The molecule has 5 rings (SSSR count). The third-order valence-corrected chi connectivity index (χ3v) is 8.08. The van der Waals surface area contributed by atoms with E-state index in [1.807, 2.05) is 22.9 Å². The van der Waals surface area contributed by atoms with Gasteiger partial charge in [0.15, 0.2) is 5.16 Å². The van der Waals surface area contributed by atoms with Gasteiger partial charge in [-0.2, -0.15) is 0 Å². The van der Waals surface area contributed by atoms with E-state index in [1.54, 1.807) is 66.7 Å². The van der Waals surface area contributed by atoms with E-state index in [9.17, 15) is 22.8 Å². The topological polar surface area (TPSA) is 139 Å². The van der Waals surface area contributed by atoms with E-state index in [1.165, 1.54) is 28.8 Å². The van der Waals surface area contributed by atoms with Gasteiger partial charge in [-0.3, -0.25) is 14.2 Å². The van der Waals surface area contributed by atoms with Crippen LogP contribution in [-0.4, -0.2) is 35.7 Å². The van der Waals surface area contributed by atoms with Gasteiger partial charge >= 0.3 is 6.03 Å². The summed E-state index contributed by atoms with van der Waals surface area (Å²) in [4.78, 5) is 42.6. The number of thioether (sulfide) groups is 1. The van der Waals surface area contributed by atoms with Crippen LogP contribution in [0.5, 0.6) is 0 Å². The summed E-state index contributed by atoms with van der Waals surface area (Å²) in [5, 5.41) is 5.97. The Balaban J connectivity index is 1.25. The Bertz CT molecular complexity index is 1880. The molecule has 0 aliphatic heterocycles. The predicted octanol–water partition coefficient (Wildman–Crippen LogP) is 4.63. The molecular formula is C29H23N5O5S2. The van der Waals surface area contributed by atoms with Gasteiger partial charge in [-0.1, -0.05) is 60.3 Å². The van der Waals surface area contributed by atoms with Gasteiger partial charge in [0.1, 0.15) is 0 Å². The fourth-order valence-electron chi connectivity index (χ4n) is 3.92. The summed E-state index contributed by atoms with van der Waals surface area (Å²) < 4.78 is 28.6. The van der Waals surface area contributed by atoms with E-state index in [0.717, 1.165) is 11.8 Å². The van der Waals surface area contributed by atoms with Gasteiger partial charge in [0.05, 0.1) is 27.2 Å². The summed E-state index contributed by atoms with van der Waals surface area (Å²) in [7, 11) is -4.14. The first-order valence-electron chi connectivity index (χ1n) is 12.3. The number of nitrogens with one attached hydrogen (secondary N) is 3. The van der Waals surface area contributed by atoms with Gasteiger partial charge in [0.25, 0.3) is 15.6 Å². The van der Waals surface area contributed by atoms with Gasteiger partial charge in [-0.05, 0) is 60.7 Å². The van der Waals surface area contributed by atoms with Crippen molar-refractivity contribution in [3.8, 4) is 5.69 Å². The van der Waals surface area contributed by atoms with Crippen LogP contribution >= 0.6 is 11.8 Å². The van der Waals surface area contributed by atoms with E-state index in [0.29, 0.717) is 33.1 Å². The number of hydrogen-bond donors (Lipinski definition) is 3. The summed E-state index contributed by atoms with van der Waals surface area (Å²) in [6, 6.07) is 29.0. The maximum absolute atomic E-state index is 13.3. The first-order valence-corrected chi connectivity index (χ1v) is 14.8. The van der Waals surface area contributed by atoms with Crippen LogP contribution in [0.25, 0.3) is 16.6 Å². The lowest BCUT2D eigenvalue weighted by molar-refractivity contribution is -0.113. The zero-order valence-electron chi connectivity index (χ0n) is 21.4. The molecule has 0 aliphatic carbocycles. The predicted molar refractivity (Wildman–Crippen MR) is 159 cm³/mol. The zero-order valence-corrected chi connectivity index (χ0v) is 23.0. The second kappa shape index (κ2) is 12.1. The normalized spacial score (nSPS) is 11.1. The molecule has 0 unspecified atom stereocenters. The van der Waals surface area contributed by atoms with E-state index < -0.39 is 16.1 Å². The standard InChI is InChI=1S/C29H23N5O5S2/c35-26(19-40-29-32-25-14-8-7-13-24(25)27(36)34(29)22-11-5-2-6-12-22)30-21-15-17-23(18-16-21)41(38,39)33-28(37)31-20-9-3-1-4-10-20/h1-18H,19H2,(H,30,35)(H2,31,33,37). The second-order valence-corrected chi connectivity index (χ2v) is 11.3. The molecule has 10 nitrogen and oxygen atoms in total. The number of amides is 3. The van der Waals surface area contributed by atoms with Gasteiger partial charge < -0.3 is 10.6 Å². The molecule has 0 spiro atoms. The molecule has 0 saturated carbocycles. The number of hydrogen-bond acceptors (Lipinski definition) is 7. The Hall–Kier alpha value is -4.94. The third kappa shape index (κ3) is 6.62. The Kier molecular flexibility index (Phi) is 8.13. The molecule has 5 aromatic rings. The number of nitrogens with zero attached hydrogens (tertiary/aromatic N) is 2. The molecule has 3 amide bonds. The number of aromatic nitrogens is 2. The van der Waals surface area contributed by atoms with E-state index in [2.05, 4.69) is 15.6 Å². The Morgan fingerprint density at radius 1 is 0.756 bits per heavy atom. The lowest BCUT2D eigenvalue weighted by Gasteiger charge is -2.13. The second-order valence-electron chi connectivity index (χ2n) is 8.67. The summed E-state index contributed by atoms with van der Waals surface area (Å²) in [5.41, 5.74) is 1.70. The van der Waals surface area contributed by atoms with Crippen molar-refractivity contribution in [2.75, 3.05) is 16.4 Å². The van der Waals surface area contributed by atoms with Crippen LogP contribution in [0.15, 0.2) is 124 Å². The van der Waals surface area contributed by atoms with Crippen molar-refractivity contribution in [3.63, 3.8) is 0 Å². The van der Waals surface area contributed by atoms with E-state index in [-0.39, 0.29) is 22.1 Å². The Morgan fingerprint density at radius 3 is 2.07 bits per heavy atom. The molecule has 0 atom stereocenters. The SMILES string of the molecule is O=C(CSc1nc2ccccc2c(=O)n1-c1ccccc1)Nc1ccc(S(=O)(=O)NC(=O)Nc2ccccc2)cc1. The average molecular weight is 586 g/mol. The highest BCUT2D eigenvalue weighted by Gasteiger charge is 2.18. The molecule has 41 heavy (non-hydrogen) atoms. The van der Waals surface area contributed by atoms with Crippen molar-refractivity contribution in [1.29, 1.82) is 0 Å². The minimum absolute atomic E-state index is 0.0567. The number of benzene rings is 4. The van der Waals surface area contributed by atoms with Crippen LogP contribution < -0.4 is 20.9 Å². The van der Waals surface area contributed by atoms with E-state index in [4.69, 9.17) is 0 Å². The minimum Gasteiger partial charge on any atom is -0.325 e. The number of sulfonamides is 1. The number of para-hydroxylation sites is 3. The number of urea groups is 1. The van der Waals surface area contributed by atoms with Crippen LogP contribution in [0.2, 0.25) is 0 Å². The highest BCUT2D eigenvalue weighted by molar-refractivity contribution is 7.99. The van der Waals surface area contributed by atoms with Crippen LogP contribution in [0.3, 0.4) is 0 Å². The van der Waals surface area contributed by atoms with Crippen molar-refractivity contribution in [3.05, 3.63) is 120 Å². The number of rotatable bonds is 8. The molecule has 0 saturated heterocycles. The molecule has 0 radical (unpaired) electrons. The summed E-state index contributed by atoms with van der Waals surface area (Å²) in [5.74, 6) is -0.438. The fourth-order valence-corrected chi connectivity index (χ4v) is 5.64. The zero-order chi connectivity index (χ0) is 28.8. The molecular weight excluding hydrogens is 562 g/mol. The van der Waals surface area contributed by atoms with Crippen LogP contribution in [0, 0.1) is 0 Å². The van der Waals surface area contributed by atoms with Crippen molar-refractivity contribution in [2.45, 2.75) is 10.1 Å². The maximum Gasteiger partial charge on any atom is 0.333 e. The molecule has 4 aromatic carbocycles. The van der Waals surface area contributed by atoms with Gasteiger partial charge in [0, 0.05) is 11.4 Å². The van der Waals surface area contributed by atoms with Crippen LogP contribution in [0.4, 0.5) is 16.2 Å². The number of carbonyl (C=O) groups is 2. The largest absolute Gasteiger partial charge is 0.333 e. The average Bonchev–Trinajstić information content (AvgIpc) is 2.97. The quantitative estimate of drug-likeness (QED) is 0.178. The highest BCUT2D eigenvalue weighted by atomic mass is 32.2. The fraction of sp³-hybridized carbons (Fsp3) is 0.0345. The van der Waals surface area contributed by atoms with Crippen LogP contribution in [-0.2, 0) is 14.8 Å². The van der Waals surface area contributed by atoms with Crippen molar-refractivity contribution in [2.24, 2.45) is 0 Å². The number of carbonyl (C=O) groups excluding carboxylic acids is 2. The van der Waals surface area contributed by atoms with Crippen molar-refractivity contribution in [1.82, 2.24) is 14.3 Å². The molecule has 0 bridgehead atoms. The molecule has 12 heteroatoms. The monoisotopic (exact) mass is 585 g/mol. The summed E-state index contributed by atoms with van der Waals surface area (Å²) in [6.07, 6.45) is 0. The molecule has 0 aliphatic rings. The Morgan fingerprint density at radius 2 is 1.37 bits per heavy atom. The van der Waals surface area contributed by atoms with Crippen molar-refractivity contribution < 1.29 is 18.0 Å². The third-order valence-electron chi connectivity index (χ3n) is 5.80. The lowest BCUT2D eigenvalue weighted by atomic mass is 10.2. The van der Waals surface area contributed by atoms with Gasteiger partial charge in [-0.15, -0.1) is 0 Å². The minimum atomic E-state index is -4.14. The smallest absolute Gasteiger partial charge is 0.325 e. The molecule has 3 N–H and O–H groups in total. The maximum atomic E-state index is 13.3. The van der Waals surface area contributed by atoms with Crippen molar-refractivity contribution >= 4 is 56.0 Å². The molecule has 0 fully saturated rings. The van der Waals surface area contributed by atoms with Gasteiger partial charge in [0.2, 0.25) is 5.91 Å². The van der Waals surface area contributed by atoms with E-state index >= 15 is 0 Å². The highest BCUT2D eigenvalue weighted by Crippen LogP contribution is 2.22. The molecule has 1 heterocycles. The number of anilines is 2. The summed E-state index contributed by atoms with van der Waals surface area (Å²) in [6.45, 7) is 0.